The molecule has 1 heteroatoms. The van der Waals surface area contributed by atoms with Gasteiger partial charge in [0.15, 0.2) is 0 Å². The second-order valence-electron chi connectivity index (χ2n) is 15.0. The Morgan fingerprint density at radius 2 is 1.48 bits per heavy atom. The molecule has 5 rings (SSSR count). The van der Waals surface area contributed by atoms with E-state index in [9.17, 15) is 4.79 Å². The average Bonchev–Trinajstić information content (AvgIpc) is 2.67. The van der Waals surface area contributed by atoms with Gasteiger partial charge in [-0.2, -0.15) is 0 Å². The number of carbonyl (C=O) groups is 1. The molecule has 0 N–H and O–H groups in total. The lowest BCUT2D eigenvalue weighted by Gasteiger charge is -2.70. The fraction of sp³-hybridized carbons (Fsp3) is 0.900. The van der Waals surface area contributed by atoms with Crippen LogP contribution in [0.3, 0.4) is 0 Å². The van der Waals surface area contributed by atoms with Gasteiger partial charge >= 0.3 is 0 Å². The highest BCUT2D eigenvalue weighted by molar-refractivity contribution is 5.85. The van der Waals surface area contributed by atoms with Crippen molar-refractivity contribution in [3.63, 3.8) is 0 Å². The molecule has 0 saturated heterocycles. The quantitative estimate of drug-likeness (QED) is 0.357. The number of ketones is 1. The summed E-state index contributed by atoms with van der Waals surface area (Å²) in [6, 6.07) is 0. The van der Waals surface area contributed by atoms with Gasteiger partial charge in [-0.3, -0.25) is 4.79 Å². The summed E-state index contributed by atoms with van der Waals surface area (Å²) in [6.07, 6.45) is 15.5. The van der Waals surface area contributed by atoms with Gasteiger partial charge in [-0.25, -0.2) is 0 Å². The second kappa shape index (κ2) is 6.29. The SMILES string of the molecule is CC1(C)CC[C@@]2(C)CC[C@@]3(C)C(=CC[C@H]4[C@]5(C)CCC(=O)C(C)(C)[C@H]5CC[C@@]43C)[C@H]2C1. The van der Waals surface area contributed by atoms with E-state index < -0.39 is 0 Å². The van der Waals surface area contributed by atoms with E-state index in [0.717, 1.165) is 24.7 Å². The molecule has 0 radical (unpaired) electrons. The predicted octanol–water partition coefficient (Wildman–Crippen LogP) is 8.38. The molecule has 5 aliphatic carbocycles. The molecule has 0 bridgehead atoms. The third-order valence-electron chi connectivity index (χ3n) is 12.8. The maximum absolute atomic E-state index is 12.9. The summed E-state index contributed by atoms with van der Waals surface area (Å²) in [5, 5.41) is 0. The minimum absolute atomic E-state index is 0.141. The van der Waals surface area contributed by atoms with Gasteiger partial charge in [-0.05, 0) is 103 Å². The van der Waals surface area contributed by atoms with Gasteiger partial charge in [0, 0.05) is 11.8 Å². The van der Waals surface area contributed by atoms with Crippen LogP contribution in [0.25, 0.3) is 0 Å². The molecule has 31 heavy (non-hydrogen) atoms. The molecule has 4 saturated carbocycles. The lowest BCUT2D eigenvalue weighted by molar-refractivity contribution is -0.184. The summed E-state index contributed by atoms with van der Waals surface area (Å²) in [5.74, 6) is 2.58. The van der Waals surface area contributed by atoms with Gasteiger partial charge < -0.3 is 0 Å². The topological polar surface area (TPSA) is 17.1 Å². The summed E-state index contributed by atoms with van der Waals surface area (Å²) in [4.78, 5) is 12.9. The standard InChI is InChI=1S/C30H48O/c1-25(2)15-16-27(5)17-18-29(7)20(21(27)19-25)9-10-23-28(6)13-12-24(31)26(3,4)22(28)11-14-30(23,29)8/h9,21-23H,10-19H2,1-8H3/t21-,22-,23+,27+,28-,29+,30+/m1/s1. The number of allylic oxidation sites excluding steroid dienone is 2. The smallest absolute Gasteiger partial charge is 0.138 e. The maximum Gasteiger partial charge on any atom is 0.138 e. The first-order valence-corrected chi connectivity index (χ1v) is 13.4. The fourth-order valence-corrected chi connectivity index (χ4v) is 10.3. The van der Waals surface area contributed by atoms with Crippen molar-refractivity contribution in [2.24, 2.45) is 50.2 Å². The highest BCUT2D eigenvalue weighted by Gasteiger charge is 2.67. The van der Waals surface area contributed by atoms with E-state index in [1.165, 1.54) is 51.4 Å². The van der Waals surface area contributed by atoms with Crippen LogP contribution in [-0.2, 0) is 4.79 Å². The largest absolute Gasteiger partial charge is 0.299 e. The van der Waals surface area contributed by atoms with Crippen LogP contribution in [0.5, 0.6) is 0 Å². The monoisotopic (exact) mass is 424 g/mol. The van der Waals surface area contributed by atoms with E-state index in [1.807, 2.05) is 5.57 Å². The Morgan fingerprint density at radius 1 is 0.806 bits per heavy atom. The number of hydrogen-bond acceptors (Lipinski definition) is 1. The van der Waals surface area contributed by atoms with Crippen molar-refractivity contribution in [2.45, 2.75) is 120 Å². The Labute approximate surface area is 192 Å². The van der Waals surface area contributed by atoms with Crippen LogP contribution in [0.2, 0.25) is 0 Å². The maximum atomic E-state index is 12.9. The Morgan fingerprint density at radius 3 is 2.19 bits per heavy atom. The van der Waals surface area contributed by atoms with Crippen LogP contribution in [0, 0.1) is 50.2 Å². The molecule has 0 amide bonds. The first kappa shape index (κ1) is 22.2. The fourth-order valence-electron chi connectivity index (χ4n) is 10.3. The molecule has 174 valence electrons. The van der Waals surface area contributed by atoms with Crippen molar-refractivity contribution in [3.8, 4) is 0 Å². The molecule has 0 unspecified atom stereocenters. The highest BCUT2D eigenvalue weighted by atomic mass is 16.1. The Bertz CT molecular complexity index is 831. The Balaban J connectivity index is 1.58. The zero-order valence-corrected chi connectivity index (χ0v) is 21.8. The normalized spacial score (nSPS) is 52.8. The number of rotatable bonds is 0. The summed E-state index contributed by atoms with van der Waals surface area (Å²) in [7, 11) is 0. The van der Waals surface area contributed by atoms with Crippen molar-refractivity contribution >= 4 is 5.78 Å². The predicted molar refractivity (Wildman–Crippen MR) is 130 cm³/mol. The van der Waals surface area contributed by atoms with Crippen LogP contribution in [0.15, 0.2) is 11.6 Å². The molecule has 0 aromatic heterocycles. The average molecular weight is 425 g/mol. The van der Waals surface area contributed by atoms with Crippen molar-refractivity contribution in [3.05, 3.63) is 11.6 Å². The molecule has 0 aliphatic heterocycles. The molecule has 1 nitrogen and oxygen atoms in total. The molecular weight excluding hydrogens is 376 g/mol. The molecule has 7 atom stereocenters. The van der Waals surface area contributed by atoms with E-state index in [1.54, 1.807) is 0 Å². The number of fused-ring (bicyclic) bond motifs is 7. The molecule has 0 aromatic carbocycles. The van der Waals surface area contributed by atoms with Gasteiger partial charge in [0.05, 0.1) is 0 Å². The molecule has 4 fully saturated rings. The van der Waals surface area contributed by atoms with Crippen molar-refractivity contribution in [1.29, 1.82) is 0 Å². The van der Waals surface area contributed by atoms with Gasteiger partial charge in [0.1, 0.15) is 5.78 Å². The van der Waals surface area contributed by atoms with Gasteiger partial charge in [-0.1, -0.05) is 67.0 Å². The third-order valence-corrected chi connectivity index (χ3v) is 12.8. The summed E-state index contributed by atoms with van der Waals surface area (Å²) >= 11 is 0. The summed E-state index contributed by atoms with van der Waals surface area (Å²) in [6.45, 7) is 20.1. The van der Waals surface area contributed by atoms with Crippen LogP contribution in [0.4, 0.5) is 0 Å². The van der Waals surface area contributed by atoms with Crippen LogP contribution in [0.1, 0.15) is 120 Å². The number of hydrogen-bond donors (Lipinski definition) is 0. The zero-order valence-electron chi connectivity index (χ0n) is 21.8. The number of Topliss-reactive ketones (excluding diaryl/α,β-unsaturated/α-hetero) is 1. The first-order valence-electron chi connectivity index (χ1n) is 13.4. The highest BCUT2D eigenvalue weighted by Crippen LogP contribution is 2.75. The van der Waals surface area contributed by atoms with Crippen LogP contribution in [-0.4, -0.2) is 5.78 Å². The lowest BCUT2D eigenvalue weighted by atomic mass is 9.34. The molecule has 5 aliphatic rings. The minimum atomic E-state index is -0.141. The van der Waals surface area contributed by atoms with Crippen molar-refractivity contribution in [2.75, 3.05) is 0 Å². The molecule has 0 spiro atoms. The molecular formula is C30H48O. The van der Waals surface area contributed by atoms with E-state index >= 15 is 0 Å². The van der Waals surface area contributed by atoms with Gasteiger partial charge in [0.2, 0.25) is 0 Å². The lowest BCUT2D eigenvalue weighted by Crippen LogP contribution is -2.64. The van der Waals surface area contributed by atoms with Crippen molar-refractivity contribution < 1.29 is 4.79 Å². The Hall–Kier alpha value is -0.590. The van der Waals surface area contributed by atoms with E-state index in [2.05, 4.69) is 61.5 Å². The summed E-state index contributed by atoms with van der Waals surface area (Å²) < 4.78 is 0. The third kappa shape index (κ3) is 2.70. The van der Waals surface area contributed by atoms with Gasteiger partial charge in [0.25, 0.3) is 0 Å². The first-order chi connectivity index (χ1) is 14.2. The number of carbonyl (C=O) groups excluding carboxylic acids is 1. The zero-order chi connectivity index (χ0) is 22.7. The molecule has 0 heterocycles. The second-order valence-corrected chi connectivity index (χ2v) is 15.0. The minimum Gasteiger partial charge on any atom is -0.299 e. The molecule has 0 aromatic rings. The summed E-state index contributed by atoms with van der Waals surface area (Å²) in [5.41, 5.74) is 3.75. The van der Waals surface area contributed by atoms with E-state index in [-0.39, 0.29) is 5.41 Å². The van der Waals surface area contributed by atoms with Crippen LogP contribution < -0.4 is 0 Å². The van der Waals surface area contributed by atoms with E-state index in [4.69, 9.17) is 0 Å². The van der Waals surface area contributed by atoms with Crippen LogP contribution >= 0.6 is 0 Å². The van der Waals surface area contributed by atoms with Gasteiger partial charge in [-0.15, -0.1) is 0 Å². The van der Waals surface area contributed by atoms with Crippen molar-refractivity contribution in [1.82, 2.24) is 0 Å². The van der Waals surface area contributed by atoms with E-state index in [0.29, 0.717) is 38.8 Å². The Kier molecular flexibility index (Phi) is 4.51.